The summed E-state index contributed by atoms with van der Waals surface area (Å²) in [6, 6.07) is 7.75. The zero-order valence-electron chi connectivity index (χ0n) is 11.1. The normalized spacial score (nSPS) is 11.1. The number of fused-ring (bicyclic) bond motifs is 1. The van der Waals surface area contributed by atoms with Crippen molar-refractivity contribution in [3.05, 3.63) is 47.5 Å². The van der Waals surface area contributed by atoms with Crippen LogP contribution in [0.5, 0.6) is 0 Å². The van der Waals surface area contributed by atoms with E-state index in [1.807, 2.05) is 28.8 Å². The van der Waals surface area contributed by atoms with Crippen molar-refractivity contribution in [1.82, 2.24) is 19.5 Å². The van der Waals surface area contributed by atoms with Crippen molar-refractivity contribution < 1.29 is 5.11 Å². The summed E-state index contributed by atoms with van der Waals surface area (Å²) < 4.78 is 1.82. The summed E-state index contributed by atoms with van der Waals surface area (Å²) >= 11 is 7.74. The molecule has 2 aromatic heterocycles. The van der Waals surface area contributed by atoms with Gasteiger partial charge in [0.2, 0.25) is 0 Å². The molecule has 3 rings (SSSR count). The van der Waals surface area contributed by atoms with Crippen LogP contribution in [-0.4, -0.2) is 31.2 Å². The average Bonchev–Trinajstić information content (AvgIpc) is 2.91. The molecule has 2 heterocycles. The average molecular weight is 321 g/mol. The maximum atomic E-state index is 9.04. The van der Waals surface area contributed by atoms with E-state index in [2.05, 4.69) is 15.0 Å². The highest BCUT2D eigenvalue weighted by Crippen LogP contribution is 2.28. The molecule has 0 fully saturated rings. The molecule has 5 nitrogen and oxygen atoms in total. The van der Waals surface area contributed by atoms with Crippen molar-refractivity contribution in [2.24, 2.45) is 0 Å². The Balaban J connectivity index is 1.86. The van der Waals surface area contributed by atoms with Gasteiger partial charge in [0.1, 0.15) is 16.9 Å². The molecule has 3 aromatic rings. The van der Waals surface area contributed by atoms with Gasteiger partial charge in [0.25, 0.3) is 0 Å². The van der Waals surface area contributed by atoms with Gasteiger partial charge in [0.15, 0.2) is 5.65 Å². The van der Waals surface area contributed by atoms with E-state index in [1.54, 1.807) is 18.1 Å². The summed E-state index contributed by atoms with van der Waals surface area (Å²) in [7, 11) is 0. The second-order valence-electron chi connectivity index (χ2n) is 4.39. The second-order valence-corrected chi connectivity index (χ2v) is 5.76. The van der Waals surface area contributed by atoms with Crippen molar-refractivity contribution in [2.75, 3.05) is 6.61 Å². The minimum absolute atomic E-state index is 0.0531. The summed E-state index contributed by atoms with van der Waals surface area (Å²) in [6.45, 7) is 0.527. The van der Waals surface area contributed by atoms with E-state index in [-0.39, 0.29) is 6.61 Å². The minimum atomic E-state index is 0.0531. The van der Waals surface area contributed by atoms with Crippen LogP contribution in [0.3, 0.4) is 0 Å². The number of imidazole rings is 1. The van der Waals surface area contributed by atoms with Crippen molar-refractivity contribution >= 4 is 34.5 Å². The zero-order chi connectivity index (χ0) is 14.7. The van der Waals surface area contributed by atoms with E-state index in [0.29, 0.717) is 6.54 Å². The summed E-state index contributed by atoms with van der Waals surface area (Å²) in [5.74, 6) is 0.721. The van der Waals surface area contributed by atoms with Gasteiger partial charge in [-0.25, -0.2) is 15.0 Å². The molecule has 0 aliphatic carbocycles. The molecular formula is C14H13ClN4OS. The lowest BCUT2D eigenvalue weighted by Crippen LogP contribution is -2.01. The lowest BCUT2D eigenvalue weighted by Gasteiger charge is -2.04. The Labute approximate surface area is 131 Å². The molecule has 1 N–H and O–H groups in total. The molecule has 0 aliphatic rings. The zero-order valence-corrected chi connectivity index (χ0v) is 12.7. The summed E-state index contributed by atoms with van der Waals surface area (Å²) in [6.07, 6.45) is 3.20. The van der Waals surface area contributed by atoms with Gasteiger partial charge in [0.05, 0.1) is 12.9 Å². The molecule has 108 valence electrons. The van der Waals surface area contributed by atoms with Crippen LogP contribution >= 0.6 is 23.4 Å². The Morgan fingerprint density at radius 1 is 1.19 bits per heavy atom. The van der Waals surface area contributed by atoms with Crippen LogP contribution in [0.25, 0.3) is 11.2 Å². The summed E-state index contributed by atoms with van der Waals surface area (Å²) in [5, 5.41) is 10.6. The first kappa shape index (κ1) is 14.3. The summed E-state index contributed by atoms with van der Waals surface area (Å²) in [4.78, 5) is 12.9. The van der Waals surface area contributed by atoms with Crippen molar-refractivity contribution in [2.45, 2.75) is 17.3 Å². The molecule has 0 atom stereocenters. The number of rotatable bonds is 5. The Hall–Kier alpha value is -1.63. The maximum Gasteiger partial charge on any atom is 0.164 e. The van der Waals surface area contributed by atoms with E-state index in [1.165, 1.54) is 6.33 Å². The van der Waals surface area contributed by atoms with Crippen LogP contribution in [0, 0.1) is 0 Å². The first-order valence-corrected chi connectivity index (χ1v) is 7.79. The van der Waals surface area contributed by atoms with E-state index >= 15 is 0 Å². The van der Waals surface area contributed by atoms with Crippen molar-refractivity contribution in [3.8, 4) is 0 Å². The molecule has 0 bridgehead atoms. The third-order valence-corrected chi connectivity index (χ3v) is 4.43. The molecule has 0 unspecified atom stereocenters. The molecule has 0 aliphatic heterocycles. The smallest absolute Gasteiger partial charge is 0.164 e. The second kappa shape index (κ2) is 6.43. The van der Waals surface area contributed by atoms with Crippen LogP contribution in [0.1, 0.15) is 5.56 Å². The monoisotopic (exact) mass is 320 g/mol. The number of aliphatic hydroxyl groups excluding tert-OH is 1. The number of halogens is 1. The highest BCUT2D eigenvalue weighted by Gasteiger charge is 2.11. The lowest BCUT2D eigenvalue weighted by atomic mass is 10.2. The van der Waals surface area contributed by atoms with E-state index in [0.717, 1.165) is 32.5 Å². The number of benzene rings is 1. The van der Waals surface area contributed by atoms with E-state index < -0.39 is 0 Å². The van der Waals surface area contributed by atoms with Gasteiger partial charge in [-0.3, -0.25) is 0 Å². The quantitative estimate of drug-likeness (QED) is 0.578. The van der Waals surface area contributed by atoms with Gasteiger partial charge in [-0.15, -0.1) is 0 Å². The Morgan fingerprint density at radius 2 is 2.05 bits per heavy atom. The molecule has 0 amide bonds. The van der Waals surface area contributed by atoms with Gasteiger partial charge in [0, 0.05) is 17.3 Å². The predicted molar refractivity (Wildman–Crippen MR) is 83.4 cm³/mol. The molecule has 0 saturated carbocycles. The number of hydrogen-bond donors (Lipinski definition) is 1. The molecule has 0 saturated heterocycles. The largest absolute Gasteiger partial charge is 0.395 e. The van der Waals surface area contributed by atoms with Gasteiger partial charge in [-0.05, 0) is 11.6 Å². The van der Waals surface area contributed by atoms with Crippen LogP contribution in [0.4, 0.5) is 0 Å². The standard InChI is InChI=1S/C14H13ClN4OS/c15-11-4-2-1-3-10(11)7-21-14-12-13(16-8-17-14)19(5-6-20)9-18-12/h1-4,8-9,20H,5-7H2. The molecular weight excluding hydrogens is 308 g/mol. The fourth-order valence-corrected chi connectivity index (χ4v) is 3.23. The first-order chi connectivity index (χ1) is 10.3. The fourth-order valence-electron chi connectivity index (χ4n) is 2.00. The number of aromatic nitrogens is 4. The van der Waals surface area contributed by atoms with Gasteiger partial charge < -0.3 is 9.67 Å². The SMILES string of the molecule is OCCn1cnc2c(SCc3ccccc3Cl)ncnc21. The van der Waals surface area contributed by atoms with Gasteiger partial charge in [-0.2, -0.15) is 0 Å². The Kier molecular flexibility index (Phi) is 4.38. The Morgan fingerprint density at radius 3 is 2.86 bits per heavy atom. The number of hydrogen-bond acceptors (Lipinski definition) is 5. The van der Waals surface area contributed by atoms with Crippen LogP contribution < -0.4 is 0 Å². The highest BCUT2D eigenvalue weighted by molar-refractivity contribution is 7.98. The number of thioether (sulfide) groups is 1. The Bertz CT molecular complexity index is 762. The predicted octanol–water partition coefficient (Wildman–Crippen LogP) is 2.76. The molecule has 0 spiro atoms. The molecule has 0 radical (unpaired) electrons. The third-order valence-electron chi connectivity index (χ3n) is 3.03. The topological polar surface area (TPSA) is 63.8 Å². The third kappa shape index (κ3) is 3.02. The minimum Gasteiger partial charge on any atom is -0.395 e. The fraction of sp³-hybridized carbons (Fsp3) is 0.214. The van der Waals surface area contributed by atoms with Crippen LogP contribution in [0.2, 0.25) is 5.02 Å². The number of aliphatic hydroxyl groups is 1. The van der Waals surface area contributed by atoms with Crippen molar-refractivity contribution in [1.29, 1.82) is 0 Å². The molecule has 21 heavy (non-hydrogen) atoms. The van der Waals surface area contributed by atoms with Crippen LogP contribution in [0.15, 0.2) is 41.9 Å². The lowest BCUT2D eigenvalue weighted by molar-refractivity contribution is 0.277. The number of nitrogens with zero attached hydrogens (tertiary/aromatic N) is 4. The molecule has 1 aromatic carbocycles. The highest BCUT2D eigenvalue weighted by atomic mass is 35.5. The van der Waals surface area contributed by atoms with E-state index in [4.69, 9.17) is 16.7 Å². The van der Waals surface area contributed by atoms with E-state index in [9.17, 15) is 0 Å². The first-order valence-electron chi connectivity index (χ1n) is 6.42. The van der Waals surface area contributed by atoms with Gasteiger partial charge >= 0.3 is 0 Å². The maximum absolute atomic E-state index is 9.04. The van der Waals surface area contributed by atoms with Gasteiger partial charge in [-0.1, -0.05) is 41.6 Å². The van der Waals surface area contributed by atoms with Crippen molar-refractivity contribution in [3.63, 3.8) is 0 Å². The molecule has 7 heteroatoms. The summed E-state index contributed by atoms with van der Waals surface area (Å²) in [5.41, 5.74) is 2.55. The van der Waals surface area contributed by atoms with Crippen LogP contribution in [-0.2, 0) is 12.3 Å².